The third kappa shape index (κ3) is 3.57. The van der Waals surface area contributed by atoms with E-state index in [1.54, 1.807) is 13.0 Å². The molecule has 0 radical (unpaired) electrons. The van der Waals surface area contributed by atoms with E-state index in [1.165, 1.54) is 12.1 Å². The van der Waals surface area contributed by atoms with Gasteiger partial charge in [-0.15, -0.1) is 0 Å². The number of halogens is 4. The van der Waals surface area contributed by atoms with E-state index in [0.29, 0.717) is 5.56 Å². The van der Waals surface area contributed by atoms with E-state index in [2.05, 4.69) is 15.3 Å². The highest BCUT2D eigenvalue weighted by Crippen LogP contribution is 2.29. The zero-order chi connectivity index (χ0) is 15.6. The van der Waals surface area contributed by atoms with Gasteiger partial charge in [-0.1, -0.05) is 6.07 Å². The molecule has 0 aliphatic rings. The van der Waals surface area contributed by atoms with Gasteiger partial charge in [0, 0.05) is 6.07 Å². The third-order valence-corrected chi connectivity index (χ3v) is 2.51. The van der Waals surface area contributed by atoms with Crippen LogP contribution in [0.25, 0.3) is 0 Å². The van der Waals surface area contributed by atoms with Crippen molar-refractivity contribution in [3.63, 3.8) is 0 Å². The van der Waals surface area contributed by atoms with Crippen molar-refractivity contribution in [2.75, 3.05) is 10.7 Å². The Balaban J connectivity index is 2.39. The van der Waals surface area contributed by atoms with E-state index < -0.39 is 17.8 Å². The summed E-state index contributed by atoms with van der Waals surface area (Å²) in [5.74, 6) is 2.60. The maximum absolute atomic E-state index is 13.7. The Bertz CT molecular complexity index is 657. The van der Waals surface area contributed by atoms with Gasteiger partial charge in [-0.2, -0.15) is 13.2 Å². The van der Waals surface area contributed by atoms with Crippen LogP contribution in [0.2, 0.25) is 0 Å². The molecule has 9 heteroatoms. The smallest absolute Gasteiger partial charge is 0.338 e. The molecular weight excluding hydrogens is 290 g/mol. The summed E-state index contributed by atoms with van der Waals surface area (Å²) < 4.78 is 51.7. The van der Waals surface area contributed by atoms with Gasteiger partial charge in [0.2, 0.25) is 5.82 Å². The Hall–Kier alpha value is -2.42. The van der Waals surface area contributed by atoms with Crippen molar-refractivity contribution in [3.05, 3.63) is 41.5 Å². The molecule has 21 heavy (non-hydrogen) atoms. The fourth-order valence-electron chi connectivity index (χ4n) is 1.57. The number of nitrogens with two attached hydrogens (primary N) is 1. The van der Waals surface area contributed by atoms with Crippen molar-refractivity contribution in [1.82, 2.24) is 9.97 Å². The minimum Gasteiger partial charge on any atom is -0.338 e. The highest BCUT2D eigenvalue weighted by molar-refractivity contribution is 5.60. The molecule has 0 unspecified atom stereocenters. The second-order valence-electron chi connectivity index (χ2n) is 4.21. The molecule has 0 aliphatic carbocycles. The predicted molar refractivity (Wildman–Crippen MR) is 69.3 cm³/mol. The topological polar surface area (TPSA) is 75.9 Å². The molecule has 0 spiro atoms. The Kier molecular flexibility index (Phi) is 3.94. The van der Waals surface area contributed by atoms with Crippen LogP contribution in [0.15, 0.2) is 24.3 Å². The average Bonchev–Trinajstić information content (AvgIpc) is 2.40. The first-order valence-corrected chi connectivity index (χ1v) is 5.75. The molecule has 0 saturated carbocycles. The van der Waals surface area contributed by atoms with E-state index in [9.17, 15) is 17.6 Å². The largest absolute Gasteiger partial charge is 0.451 e. The van der Waals surface area contributed by atoms with Crippen LogP contribution in [-0.2, 0) is 6.18 Å². The number of benzene rings is 1. The zero-order valence-corrected chi connectivity index (χ0v) is 10.8. The number of aromatic nitrogens is 2. The lowest BCUT2D eigenvalue weighted by Gasteiger charge is -2.12. The van der Waals surface area contributed by atoms with Gasteiger partial charge < -0.3 is 10.7 Å². The number of aryl methyl sites for hydroxylation is 1. The van der Waals surface area contributed by atoms with Crippen molar-refractivity contribution in [1.29, 1.82) is 0 Å². The number of anilines is 3. The highest BCUT2D eigenvalue weighted by Gasteiger charge is 2.35. The number of rotatable bonds is 3. The Morgan fingerprint density at radius 3 is 2.33 bits per heavy atom. The maximum atomic E-state index is 13.7. The van der Waals surface area contributed by atoms with E-state index in [-0.39, 0.29) is 17.3 Å². The van der Waals surface area contributed by atoms with Gasteiger partial charge in [-0.3, -0.25) is 0 Å². The molecule has 0 bridgehead atoms. The van der Waals surface area contributed by atoms with Gasteiger partial charge in [0.15, 0.2) is 0 Å². The molecule has 5 nitrogen and oxygen atoms in total. The minimum atomic E-state index is -4.74. The van der Waals surface area contributed by atoms with E-state index in [4.69, 9.17) is 5.84 Å². The maximum Gasteiger partial charge on any atom is 0.451 e. The van der Waals surface area contributed by atoms with Crippen molar-refractivity contribution in [3.8, 4) is 0 Å². The third-order valence-electron chi connectivity index (χ3n) is 2.51. The second-order valence-corrected chi connectivity index (χ2v) is 4.21. The monoisotopic (exact) mass is 301 g/mol. The van der Waals surface area contributed by atoms with Gasteiger partial charge in [0.25, 0.3) is 0 Å². The van der Waals surface area contributed by atoms with Crippen molar-refractivity contribution in [2.45, 2.75) is 13.1 Å². The number of hydrazine groups is 1. The molecule has 0 saturated heterocycles. The van der Waals surface area contributed by atoms with Gasteiger partial charge in [-0.25, -0.2) is 20.2 Å². The summed E-state index contributed by atoms with van der Waals surface area (Å²) in [5.41, 5.74) is 2.68. The molecule has 0 fully saturated rings. The predicted octanol–water partition coefficient (Wildman–Crippen LogP) is 2.97. The quantitative estimate of drug-likeness (QED) is 0.461. The highest BCUT2D eigenvalue weighted by atomic mass is 19.4. The molecule has 0 amide bonds. The molecule has 0 atom stereocenters. The fourth-order valence-corrected chi connectivity index (χ4v) is 1.57. The summed E-state index contributed by atoms with van der Waals surface area (Å²) in [5, 5.41) is 2.46. The minimum absolute atomic E-state index is 0.00426. The van der Waals surface area contributed by atoms with Crippen molar-refractivity contribution in [2.24, 2.45) is 5.84 Å². The van der Waals surface area contributed by atoms with Crippen LogP contribution in [-0.4, -0.2) is 9.97 Å². The fraction of sp³-hybridized carbons (Fsp3) is 0.167. The lowest BCUT2D eigenvalue weighted by Crippen LogP contribution is -2.16. The molecular formula is C12H11F4N5. The van der Waals surface area contributed by atoms with Crippen LogP contribution in [0.3, 0.4) is 0 Å². The zero-order valence-electron chi connectivity index (χ0n) is 10.8. The number of hydrogen-bond donors (Lipinski definition) is 3. The lowest BCUT2D eigenvalue weighted by molar-refractivity contribution is -0.144. The van der Waals surface area contributed by atoms with Crippen LogP contribution in [0.4, 0.5) is 34.9 Å². The standard InChI is InChI=1S/C12H11F4N5/c1-6-2-3-8(7(13)4-6)18-9-5-10(21-17)20-11(19-9)12(14,15)16/h2-5H,17H2,1H3,(H2,18,19,20,21). The Morgan fingerprint density at radius 1 is 1.10 bits per heavy atom. The van der Waals surface area contributed by atoms with Crippen LogP contribution in [0, 0.1) is 12.7 Å². The molecule has 112 valence electrons. The summed E-state index contributed by atoms with van der Waals surface area (Å²) in [6.45, 7) is 1.69. The van der Waals surface area contributed by atoms with E-state index >= 15 is 0 Å². The summed E-state index contributed by atoms with van der Waals surface area (Å²) in [7, 11) is 0. The van der Waals surface area contributed by atoms with Crippen LogP contribution in [0.1, 0.15) is 11.4 Å². The Labute approximate surface area is 117 Å². The molecule has 1 heterocycles. The first-order chi connectivity index (χ1) is 9.79. The van der Waals surface area contributed by atoms with Crippen LogP contribution in [0.5, 0.6) is 0 Å². The first kappa shape index (κ1) is 15.0. The second kappa shape index (κ2) is 5.52. The summed E-state index contributed by atoms with van der Waals surface area (Å²) in [6.07, 6.45) is -4.74. The number of hydrogen-bond acceptors (Lipinski definition) is 5. The molecule has 1 aromatic heterocycles. The normalized spacial score (nSPS) is 11.3. The Morgan fingerprint density at radius 2 is 1.76 bits per heavy atom. The van der Waals surface area contributed by atoms with Gasteiger partial charge in [0.1, 0.15) is 17.5 Å². The summed E-state index contributed by atoms with van der Waals surface area (Å²) >= 11 is 0. The van der Waals surface area contributed by atoms with Crippen molar-refractivity contribution >= 4 is 17.3 Å². The lowest BCUT2D eigenvalue weighted by atomic mass is 10.2. The summed E-state index contributed by atoms with van der Waals surface area (Å²) in [4.78, 5) is 6.50. The van der Waals surface area contributed by atoms with Gasteiger partial charge >= 0.3 is 6.18 Å². The first-order valence-electron chi connectivity index (χ1n) is 5.75. The van der Waals surface area contributed by atoms with Crippen molar-refractivity contribution < 1.29 is 17.6 Å². The van der Waals surface area contributed by atoms with E-state index in [0.717, 1.165) is 6.07 Å². The summed E-state index contributed by atoms with van der Waals surface area (Å²) in [6, 6.07) is 5.39. The molecule has 2 rings (SSSR count). The number of alkyl halides is 3. The molecule has 1 aromatic carbocycles. The van der Waals surface area contributed by atoms with Crippen LogP contribution >= 0.6 is 0 Å². The number of nitrogen functional groups attached to an aromatic ring is 1. The molecule has 4 N–H and O–H groups in total. The molecule has 0 aliphatic heterocycles. The van der Waals surface area contributed by atoms with Gasteiger partial charge in [-0.05, 0) is 24.6 Å². The number of nitrogens with zero attached hydrogens (tertiary/aromatic N) is 2. The average molecular weight is 301 g/mol. The van der Waals surface area contributed by atoms with E-state index in [1.807, 2.05) is 5.43 Å². The SMILES string of the molecule is Cc1ccc(Nc2cc(NN)nc(C(F)(F)F)n2)c(F)c1. The van der Waals surface area contributed by atoms with Gasteiger partial charge in [0.05, 0.1) is 5.69 Å². The molecule has 2 aromatic rings. The number of nitrogens with one attached hydrogen (secondary N) is 2. The van der Waals surface area contributed by atoms with Crippen LogP contribution < -0.4 is 16.6 Å².